The highest BCUT2D eigenvalue weighted by molar-refractivity contribution is 5.96. The molecule has 0 aliphatic carbocycles. The van der Waals surface area contributed by atoms with Gasteiger partial charge in [0, 0.05) is 17.4 Å². The topological polar surface area (TPSA) is 59.6 Å². The van der Waals surface area contributed by atoms with E-state index < -0.39 is 6.04 Å². The molecule has 1 heterocycles. The van der Waals surface area contributed by atoms with Crippen LogP contribution in [0.5, 0.6) is 11.5 Å². The van der Waals surface area contributed by atoms with Crippen LogP contribution in [0.15, 0.2) is 42.5 Å². The smallest absolute Gasteiger partial charge is 0.246 e. The summed E-state index contributed by atoms with van der Waals surface area (Å²) >= 11 is 0. The van der Waals surface area contributed by atoms with E-state index in [4.69, 9.17) is 9.47 Å². The van der Waals surface area contributed by atoms with Gasteiger partial charge in [-0.15, -0.1) is 0 Å². The van der Waals surface area contributed by atoms with Crippen molar-refractivity contribution in [3.8, 4) is 11.5 Å². The Morgan fingerprint density at radius 2 is 1.77 bits per heavy atom. The molecule has 0 aromatic heterocycles. The van der Waals surface area contributed by atoms with Crippen LogP contribution in [0.2, 0.25) is 0 Å². The molecule has 2 aromatic rings. The van der Waals surface area contributed by atoms with E-state index in [9.17, 15) is 9.18 Å². The molecule has 2 N–H and O–H groups in total. The van der Waals surface area contributed by atoms with Crippen molar-refractivity contribution in [2.75, 3.05) is 17.4 Å². The molecule has 5 nitrogen and oxygen atoms in total. The lowest BCUT2D eigenvalue weighted by Gasteiger charge is -2.15. The normalized spacial score (nSPS) is 13.5. The Kier molecular flexibility index (Phi) is 3.82. The van der Waals surface area contributed by atoms with Crippen molar-refractivity contribution in [2.45, 2.75) is 13.0 Å². The molecular formula is C16H15FN2O3. The van der Waals surface area contributed by atoms with Crippen LogP contribution < -0.4 is 20.1 Å². The van der Waals surface area contributed by atoms with Gasteiger partial charge in [0.2, 0.25) is 12.7 Å². The lowest BCUT2D eigenvalue weighted by atomic mass is 10.2. The maximum absolute atomic E-state index is 12.9. The van der Waals surface area contributed by atoms with Crippen LogP contribution in [0.25, 0.3) is 0 Å². The van der Waals surface area contributed by atoms with Gasteiger partial charge in [-0.3, -0.25) is 4.79 Å². The predicted octanol–water partition coefficient (Wildman–Crippen LogP) is 2.99. The summed E-state index contributed by atoms with van der Waals surface area (Å²) in [5.74, 6) is 0.749. The van der Waals surface area contributed by atoms with Crippen LogP contribution in [0, 0.1) is 5.82 Å². The summed E-state index contributed by atoms with van der Waals surface area (Å²) in [7, 11) is 0. The second-order valence-corrected chi connectivity index (χ2v) is 4.93. The van der Waals surface area contributed by atoms with E-state index in [0.717, 1.165) is 0 Å². The zero-order chi connectivity index (χ0) is 15.5. The third-order valence-corrected chi connectivity index (χ3v) is 3.26. The number of fused-ring (bicyclic) bond motifs is 1. The molecule has 6 heteroatoms. The van der Waals surface area contributed by atoms with Gasteiger partial charge in [0.15, 0.2) is 11.5 Å². The van der Waals surface area contributed by atoms with Crippen molar-refractivity contribution in [1.29, 1.82) is 0 Å². The summed E-state index contributed by atoms with van der Waals surface area (Å²) in [5, 5.41) is 5.80. The second kappa shape index (κ2) is 5.93. The van der Waals surface area contributed by atoms with E-state index in [0.29, 0.717) is 22.9 Å². The number of ether oxygens (including phenoxy) is 2. The molecule has 1 aliphatic heterocycles. The Morgan fingerprint density at radius 1 is 1.09 bits per heavy atom. The molecule has 0 saturated carbocycles. The van der Waals surface area contributed by atoms with Crippen molar-refractivity contribution in [1.82, 2.24) is 0 Å². The molecule has 0 bridgehead atoms. The van der Waals surface area contributed by atoms with Crippen molar-refractivity contribution >= 4 is 17.3 Å². The summed E-state index contributed by atoms with van der Waals surface area (Å²) < 4.78 is 23.3. The molecule has 1 amide bonds. The van der Waals surface area contributed by atoms with Crippen LogP contribution in [-0.4, -0.2) is 18.7 Å². The molecule has 2 aromatic carbocycles. The molecule has 0 unspecified atom stereocenters. The molecule has 0 spiro atoms. The number of hydrogen-bond donors (Lipinski definition) is 2. The average molecular weight is 302 g/mol. The minimum atomic E-state index is -0.476. The quantitative estimate of drug-likeness (QED) is 0.911. The molecule has 22 heavy (non-hydrogen) atoms. The fourth-order valence-electron chi connectivity index (χ4n) is 2.09. The third kappa shape index (κ3) is 3.11. The summed E-state index contributed by atoms with van der Waals surface area (Å²) in [6.07, 6.45) is 0. The Balaban J connectivity index is 1.62. The standard InChI is InChI=1S/C16H15FN2O3/c1-10(18-12-4-2-11(17)3-5-12)16(20)19-13-6-7-14-15(8-13)22-9-21-14/h2-8,10,18H,9H2,1H3,(H,19,20)/t10-/m1/s1. The minimum absolute atomic E-state index is 0.190. The summed E-state index contributed by atoms with van der Waals surface area (Å²) in [6.45, 7) is 1.92. The van der Waals surface area contributed by atoms with Crippen molar-refractivity contribution in [2.24, 2.45) is 0 Å². The summed E-state index contributed by atoms with van der Waals surface area (Å²) in [5.41, 5.74) is 1.30. The first-order valence-electron chi connectivity index (χ1n) is 6.84. The van der Waals surface area contributed by atoms with Crippen LogP contribution in [-0.2, 0) is 4.79 Å². The van der Waals surface area contributed by atoms with Gasteiger partial charge >= 0.3 is 0 Å². The first-order valence-corrected chi connectivity index (χ1v) is 6.84. The lowest BCUT2D eigenvalue weighted by Crippen LogP contribution is -2.31. The number of nitrogens with one attached hydrogen (secondary N) is 2. The maximum Gasteiger partial charge on any atom is 0.246 e. The highest BCUT2D eigenvalue weighted by Gasteiger charge is 2.16. The number of benzene rings is 2. The average Bonchev–Trinajstić information content (AvgIpc) is 2.97. The van der Waals surface area contributed by atoms with Crippen molar-refractivity contribution < 1.29 is 18.7 Å². The fraction of sp³-hybridized carbons (Fsp3) is 0.188. The zero-order valence-electron chi connectivity index (χ0n) is 11.9. The number of amides is 1. The molecule has 1 aliphatic rings. The Labute approximate surface area is 127 Å². The molecule has 114 valence electrons. The van der Waals surface area contributed by atoms with Gasteiger partial charge in [-0.1, -0.05) is 0 Å². The van der Waals surface area contributed by atoms with E-state index in [1.54, 1.807) is 37.3 Å². The predicted molar refractivity (Wildman–Crippen MR) is 80.7 cm³/mol. The highest BCUT2D eigenvalue weighted by atomic mass is 19.1. The zero-order valence-corrected chi connectivity index (χ0v) is 11.9. The van der Waals surface area contributed by atoms with Gasteiger partial charge in [-0.05, 0) is 43.3 Å². The summed E-state index contributed by atoms with van der Waals surface area (Å²) in [4.78, 5) is 12.2. The van der Waals surface area contributed by atoms with Crippen LogP contribution in [0.4, 0.5) is 15.8 Å². The molecular weight excluding hydrogens is 287 g/mol. The van der Waals surface area contributed by atoms with E-state index in [1.165, 1.54) is 12.1 Å². The lowest BCUT2D eigenvalue weighted by molar-refractivity contribution is -0.116. The molecule has 0 radical (unpaired) electrons. The first-order chi connectivity index (χ1) is 10.6. The van der Waals surface area contributed by atoms with Gasteiger partial charge in [0.25, 0.3) is 0 Å². The number of carbonyl (C=O) groups excluding carboxylic acids is 1. The number of halogens is 1. The largest absolute Gasteiger partial charge is 0.454 e. The third-order valence-electron chi connectivity index (χ3n) is 3.26. The number of anilines is 2. The molecule has 0 saturated heterocycles. The van der Waals surface area contributed by atoms with Crippen LogP contribution in [0.3, 0.4) is 0 Å². The van der Waals surface area contributed by atoms with Crippen molar-refractivity contribution in [3.05, 3.63) is 48.3 Å². The van der Waals surface area contributed by atoms with Gasteiger partial charge in [-0.2, -0.15) is 0 Å². The molecule has 1 atom stereocenters. The minimum Gasteiger partial charge on any atom is -0.454 e. The Morgan fingerprint density at radius 3 is 2.55 bits per heavy atom. The van der Waals surface area contributed by atoms with Crippen LogP contribution in [0.1, 0.15) is 6.92 Å². The van der Waals surface area contributed by atoms with E-state index in [2.05, 4.69) is 10.6 Å². The molecule has 0 fully saturated rings. The van der Waals surface area contributed by atoms with E-state index in [-0.39, 0.29) is 18.5 Å². The Hall–Kier alpha value is -2.76. The van der Waals surface area contributed by atoms with Gasteiger partial charge < -0.3 is 20.1 Å². The van der Waals surface area contributed by atoms with Gasteiger partial charge in [0.1, 0.15) is 11.9 Å². The SMILES string of the molecule is C[C@@H](Nc1ccc(F)cc1)C(=O)Nc1ccc2c(c1)OCO2. The highest BCUT2D eigenvalue weighted by Crippen LogP contribution is 2.34. The second-order valence-electron chi connectivity index (χ2n) is 4.93. The first kappa shape index (κ1) is 14.2. The monoisotopic (exact) mass is 302 g/mol. The van der Waals surface area contributed by atoms with E-state index in [1.807, 2.05) is 0 Å². The van der Waals surface area contributed by atoms with Gasteiger partial charge in [0.05, 0.1) is 0 Å². The fourth-order valence-corrected chi connectivity index (χ4v) is 2.09. The van der Waals surface area contributed by atoms with E-state index >= 15 is 0 Å². The number of rotatable bonds is 4. The maximum atomic E-state index is 12.9. The Bertz CT molecular complexity index is 688. The number of hydrogen-bond acceptors (Lipinski definition) is 4. The van der Waals surface area contributed by atoms with Gasteiger partial charge in [-0.25, -0.2) is 4.39 Å². The van der Waals surface area contributed by atoms with Crippen molar-refractivity contribution in [3.63, 3.8) is 0 Å². The van der Waals surface area contributed by atoms with Crippen LogP contribution >= 0.6 is 0 Å². The molecule has 3 rings (SSSR count). The number of carbonyl (C=O) groups is 1. The summed E-state index contributed by atoms with van der Waals surface area (Å²) in [6, 6.07) is 10.6.